The van der Waals surface area contributed by atoms with Crippen molar-refractivity contribution in [3.05, 3.63) is 51.8 Å². The van der Waals surface area contributed by atoms with Crippen LogP contribution in [0.15, 0.2) is 24.3 Å². The Labute approximate surface area is 180 Å². The molecule has 2 amide bonds. The molecule has 2 N–H and O–H groups in total. The number of carbonyl (C=O) groups excluding carboxylic acids is 3. The molecular formula is C22H26ClN3O4. The number of aryl methyl sites for hydroxylation is 1. The number of nitrogens with one attached hydrogen (secondary N) is 2. The van der Waals surface area contributed by atoms with Gasteiger partial charge in [0, 0.05) is 12.2 Å². The van der Waals surface area contributed by atoms with Crippen molar-refractivity contribution in [2.45, 2.75) is 52.7 Å². The van der Waals surface area contributed by atoms with Gasteiger partial charge in [0.25, 0.3) is 5.91 Å². The molecule has 1 aliphatic heterocycles. The van der Waals surface area contributed by atoms with Crippen LogP contribution in [0.2, 0.25) is 5.02 Å². The molecule has 2 aromatic rings. The number of nitrogens with zero attached hydrogens (tertiary/aromatic N) is 1. The second kappa shape index (κ2) is 8.92. The third-order valence-electron chi connectivity index (χ3n) is 5.10. The number of piperidine rings is 1. The number of aromatic amines is 1. The smallest absolute Gasteiger partial charge is 0.340 e. The number of para-hydroxylation sites is 1. The molecule has 30 heavy (non-hydrogen) atoms. The Kier molecular flexibility index (Phi) is 6.51. The normalized spacial score (nSPS) is 16.7. The minimum absolute atomic E-state index is 0.205. The topological polar surface area (TPSA) is 91.5 Å². The highest BCUT2D eigenvalue weighted by Gasteiger charge is 2.33. The summed E-state index contributed by atoms with van der Waals surface area (Å²) in [5, 5.41) is 3.30. The number of benzene rings is 1. The predicted octanol–water partition coefficient (Wildman–Crippen LogP) is 3.78. The van der Waals surface area contributed by atoms with Gasteiger partial charge in [-0.15, -0.1) is 0 Å². The van der Waals surface area contributed by atoms with Gasteiger partial charge in [0.05, 0.1) is 22.4 Å². The van der Waals surface area contributed by atoms with Gasteiger partial charge in [-0.2, -0.15) is 0 Å². The molecule has 1 atom stereocenters. The van der Waals surface area contributed by atoms with Crippen molar-refractivity contribution >= 4 is 35.1 Å². The predicted molar refractivity (Wildman–Crippen MR) is 115 cm³/mol. The summed E-state index contributed by atoms with van der Waals surface area (Å²) in [6.45, 7) is 7.48. The molecule has 2 heterocycles. The van der Waals surface area contributed by atoms with Crippen LogP contribution >= 0.6 is 11.6 Å². The summed E-state index contributed by atoms with van der Waals surface area (Å²) in [6.07, 6.45) is 1.00. The maximum absolute atomic E-state index is 13.0. The molecule has 1 aromatic carbocycles. The Hall–Kier alpha value is -2.80. The number of carbonyl (C=O) groups is 3. The molecule has 0 radical (unpaired) electrons. The van der Waals surface area contributed by atoms with Crippen LogP contribution in [0.3, 0.4) is 0 Å². The zero-order valence-corrected chi connectivity index (χ0v) is 18.3. The van der Waals surface area contributed by atoms with Gasteiger partial charge in [-0.25, -0.2) is 4.79 Å². The number of aromatic nitrogens is 1. The van der Waals surface area contributed by atoms with Gasteiger partial charge >= 0.3 is 5.97 Å². The van der Waals surface area contributed by atoms with Gasteiger partial charge in [0.2, 0.25) is 5.91 Å². The van der Waals surface area contributed by atoms with Gasteiger partial charge in [0.1, 0.15) is 11.7 Å². The zero-order chi connectivity index (χ0) is 22.0. The molecule has 3 rings (SSSR count). The molecule has 160 valence electrons. The van der Waals surface area contributed by atoms with Crippen LogP contribution in [0.4, 0.5) is 5.69 Å². The fraction of sp³-hybridized carbons (Fsp3) is 0.409. The fourth-order valence-corrected chi connectivity index (χ4v) is 3.94. The first-order valence-corrected chi connectivity index (χ1v) is 10.4. The number of H-pyrrole nitrogens is 1. The fourth-order valence-electron chi connectivity index (χ4n) is 3.71. The van der Waals surface area contributed by atoms with Gasteiger partial charge in [-0.05, 0) is 58.2 Å². The largest absolute Gasteiger partial charge is 0.459 e. The molecule has 1 unspecified atom stereocenters. The summed E-state index contributed by atoms with van der Waals surface area (Å²) in [6, 6.07) is 6.47. The number of esters is 1. The van der Waals surface area contributed by atoms with E-state index >= 15 is 0 Å². The second-order valence-corrected chi connectivity index (χ2v) is 8.10. The first kappa shape index (κ1) is 21.9. The van der Waals surface area contributed by atoms with Crippen molar-refractivity contribution in [3.8, 4) is 0 Å². The highest BCUT2D eigenvalue weighted by atomic mass is 35.5. The van der Waals surface area contributed by atoms with E-state index < -0.39 is 17.9 Å². The Morgan fingerprint density at radius 2 is 1.97 bits per heavy atom. The van der Waals surface area contributed by atoms with Crippen LogP contribution in [-0.2, 0) is 9.53 Å². The van der Waals surface area contributed by atoms with Crippen LogP contribution < -0.4 is 10.2 Å². The van der Waals surface area contributed by atoms with Gasteiger partial charge in [0.15, 0.2) is 0 Å². The SMILES string of the molecule is Cc1[nH]c(C(=O)NC2CCCN(c3ccccc3Cl)C2=O)c(C)c1C(=O)OC(C)C. The number of hydrogen-bond acceptors (Lipinski definition) is 4. The lowest BCUT2D eigenvalue weighted by Gasteiger charge is -2.33. The second-order valence-electron chi connectivity index (χ2n) is 7.69. The van der Waals surface area contributed by atoms with Crippen molar-refractivity contribution in [2.75, 3.05) is 11.4 Å². The maximum atomic E-state index is 13.0. The standard InChI is InChI=1S/C22H26ClN3O4/c1-12(2)30-22(29)18-13(3)19(24-14(18)4)20(27)25-16-9-7-11-26(21(16)28)17-10-6-5-8-15(17)23/h5-6,8,10,12,16,24H,7,9,11H2,1-4H3,(H,25,27). The summed E-state index contributed by atoms with van der Waals surface area (Å²) in [7, 11) is 0. The molecule has 1 fully saturated rings. The van der Waals surface area contributed by atoms with Gasteiger partial charge in [-0.1, -0.05) is 23.7 Å². The lowest BCUT2D eigenvalue weighted by Crippen LogP contribution is -2.52. The highest BCUT2D eigenvalue weighted by Crippen LogP contribution is 2.29. The van der Waals surface area contributed by atoms with Gasteiger partial charge in [-0.3, -0.25) is 9.59 Å². The summed E-state index contributed by atoms with van der Waals surface area (Å²) in [5.41, 5.74) is 2.29. The molecule has 1 saturated heterocycles. The van der Waals surface area contributed by atoms with E-state index in [4.69, 9.17) is 16.3 Å². The van der Waals surface area contributed by atoms with Crippen molar-refractivity contribution < 1.29 is 19.1 Å². The third kappa shape index (κ3) is 4.36. The minimum atomic E-state index is -0.670. The number of amides is 2. The Balaban J connectivity index is 1.78. The number of rotatable bonds is 5. The van der Waals surface area contributed by atoms with E-state index in [2.05, 4.69) is 10.3 Å². The molecule has 8 heteroatoms. The number of hydrogen-bond donors (Lipinski definition) is 2. The van der Waals surface area contributed by atoms with Gasteiger partial charge < -0.3 is 19.9 Å². The number of halogens is 1. The first-order chi connectivity index (χ1) is 14.2. The molecule has 0 aliphatic carbocycles. The van der Waals surface area contributed by atoms with Crippen LogP contribution in [0.25, 0.3) is 0 Å². The molecule has 0 spiro atoms. The van der Waals surface area contributed by atoms with Crippen molar-refractivity contribution in [3.63, 3.8) is 0 Å². The van der Waals surface area contributed by atoms with E-state index in [0.717, 1.165) is 6.42 Å². The van der Waals surface area contributed by atoms with Crippen LogP contribution in [0, 0.1) is 13.8 Å². The average Bonchev–Trinajstić information content (AvgIpc) is 2.98. The summed E-state index contributed by atoms with van der Waals surface area (Å²) >= 11 is 6.25. The zero-order valence-electron chi connectivity index (χ0n) is 17.5. The molecule has 0 bridgehead atoms. The van der Waals surface area contributed by atoms with Crippen molar-refractivity contribution in [1.29, 1.82) is 0 Å². The summed E-state index contributed by atoms with van der Waals surface area (Å²) < 4.78 is 5.27. The Morgan fingerprint density at radius 3 is 2.63 bits per heavy atom. The quantitative estimate of drug-likeness (QED) is 0.705. The van der Waals surface area contributed by atoms with Crippen molar-refractivity contribution in [2.24, 2.45) is 0 Å². The average molecular weight is 432 g/mol. The van der Waals surface area contributed by atoms with Crippen molar-refractivity contribution in [1.82, 2.24) is 10.3 Å². The highest BCUT2D eigenvalue weighted by molar-refractivity contribution is 6.33. The van der Waals surface area contributed by atoms with E-state index in [1.165, 1.54) is 0 Å². The van der Waals surface area contributed by atoms with E-state index in [0.29, 0.717) is 40.5 Å². The van der Waals surface area contributed by atoms with Crippen LogP contribution in [0.1, 0.15) is 58.8 Å². The number of ether oxygens (including phenoxy) is 1. The minimum Gasteiger partial charge on any atom is -0.459 e. The maximum Gasteiger partial charge on any atom is 0.340 e. The van der Waals surface area contributed by atoms with E-state index in [1.54, 1.807) is 50.8 Å². The molecule has 1 aromatic heterocycles. The van der Waals surface area contributed by atoms with E-state index in [9.17, 15) is 14.4 Å². The lowest BCUT2D eigenvalue weighted by atomic mass is 10.0. The van der Waals surface area contributed by atoms with E-state index in [1.807, 2.05) is 6.07 Å². The van der Waals surface area contributed by atoms with Crippen LogP contribution in [-0.4, -0.2) is 41.5 Å². The molecule has 1 aliphatic rings. The summed E-state index contributed by atoms with van der Waals surface area (Å²) in [4.78, 5) is 42.8. The van der Waals surface area contributed by atoms with Crippen LogP contribution in [0.5, 0.6) is 0 Å². The molecular weight excluding hydrogens is 406 g/mol. The Bertz CT molecular complexity index is 983. The summed E-state index contributed by atoms with van der Waals surface area (Å²) in [5.74, 6) is -1.12. The monoisotopic (exact) mass is 431 g/mol. The third-order valence-corrected chi connectivity index (χ3v) is 5.42. The molecule has 0 saturated carbocycles. The lowest BCUT2D eigenvalue weighted by molar-refractivity contribution is -0.121. The Morgan fingerprint density at radius 1 is 1.27 bits per heavy atom. The molecule has 7 nitrogen and oxygen atoms in total. The first-order valence-electron chi connectivity index (χ1n) is 9.97. The number of anilines is 1. The van der Waals surface area contributed by atoms with E-state index in [-0.39, 0.29) is 17.7 Å².